The molecule has 1 aliphatic heterocycles. The van der Waals surface area contributed by atoms with E-state index in [9.17, 15) is 18.8 Å². The van der Waals surface area contributed by atoms with E-state index in [-0.39, 0.29) is 24.4 Å². The minimum absolute atomic E-state index is 0.0580. The van der Waals surface area contributed by atoms with Gasteiger partial charge in [-0.25, -0.2) is 9.87 Å². The van der Waals surface area contributed by atoms with E-state index in [2.05, 4.69) is 28.9 Å². The van der Waals surface area contributed by atoms with Gasteiger partial charge in [-0.3, -0.25) is 24.5 Å². The Balaban J connectivity index is 0.000000484. The lowest BCUT2D eigenvalue weighted by Crippen LogP contribution is -2.51. The average Bonchev–Trinajstić information content (AvgIpc) is 2.94. The summed E-state index contributed by atoms with van der Waals surface area (Å²) >= 11 is 0. The summed E-state index contributed by atoms with van der Waals surface area (Å²) in [5.41, 5.74) is 4.00. The molecule has 0 unspecified atom stereocenters. The van der Waals surface area contributed by atoms with Crippen molar-refractivity contribution in [3.63, 3.8) is 0 Å². The normalized spacial score (nSPS) is 12.7. The molecular weight excluding hydrogens is 513 g/mol. The summed E-state index contributed by atoms with van der Waals surface area (Å²) in [4.78, 5) is 37.1. The molecule has 0 aromatic heterocycles. The van der Waals surface area contributed by atoms with Crippen molar-refractivity contribution in [1.82, 2.24) is 15.3 Å². The minimum atomic E-state index is -1.22. The van der Waals surface area contributed by atoms with Crippen LogP contribution in [0.15, 0.2) is 48.5 Å². The number of carbonyl (C=O) groups is 3. The van der Waals surface area contributed by atoms with Crippen LogP contribution in [-0.2, 0) is 20.9 Å². The summed E-state index contributed by atoms with van der Waals surface area (Å²) in [6.07, 6.45) is 0.172. The average molecular weight is 556 g/mol. The number of benzene rings is 2. The van der Waals surface area contributed by atoms with E-state index in [0.29, 0.717) is 5.56 Å². The number of nitrogens with one attached hydrogen (secondary N) is 1. The standard InChI is InChI=1S/C22H22FNO2.C7H14N2O3.C2H6/c1-17(25)21-10-8-19(9-11-21)3-2-18-4-6-20(7-5-18)14-24-15-22(16-24)26-13-12-23;1-7(2,5(10)8-12)6(11)9(3)4;1-2/h4-11,22H,12-16H2,1H3;12H,1-4H3,(H,8,10);1-2H3. The molecule has 0 bridgehead atoms. The van der Waals surface area contributed by atoms with E-state index in [1.165, 1.54) is 29.8 Å². The lowest BCUT2D eigenvalue weighted by molar-refractivity contribution is -0.151. The lowest BCUT2D eigenvalue weighted by atomic mass is 9.91. The zero-order valence-corrected chi connectivity index (χ0v) is 24.6. The molecule has 0 saturated carbocycles. The van der Waals surface area contributed by atoms with Crippen LogP contribution in [0.5, 0.6) is 0 Å². The molecule has 1 heterocycles. The summed E-state index contributed by atoms with van der Waals surface area (Å²) in [6, 6.07) is 15.5. The van der Waals surface area contributed by atoms with E-state index < -0.39 is 18.0 Å². The van der Waals surface area contributed by atoms with E-state index in [4.69, 9.17) is 9.94 Å². The van der Waals surface area contributed by atoms with Crippen molar-refractivity contribution in [2.45, 2.75) is 47.3 Å². The van der Waals surface area contributed by atoms with Crippen molar-refractivity contribution in [3.05, 3.63) is 70.8 Å². The Labute approximate surface area is 237 Å². The second-order valence-electron chi connectivity index (χ2n) is 9.72. The third-order valence-corrected chi connectivity index (χ3v) is 5.97. The molecule has 40 heavy (non-hydrogen) atoms. The Morgan fingerprint density at radius 2 is 1.52 bits per heavy atom. The monoisotopic (exact) mass is 555 g/mol. The number of hydrogen-bond donors (Lipinski definition) is 2. The molecule has 1 aliphatic rings. The zero-order chi connectivity index (χ0) is 30.3. The molecule has 0 aliphatic carbocycles. The molecule has 2 N–H and O–H groups in total. The third-order valence-electron chi connectivity index (χ3n) is 5.97. The van der Waals surface area contributed by atoms with Gasteiger partial charge in [-0.15, -0.1) is 0 Å². The number of halogens is 1. The first-order valence-corrected chi connectivity index (χ1v) is 13.3. The van der Waals surface area contributed by atoms with Crippen LogP contribution in [0, 0.1) is 17.3 Å². The number of ether oxygens (including phenoxy) is 1. The van der Waals surface area contributed by atoms with Gasteiger partial charge in [-0.05, 0) is 50.6 Å². The van der Waals surface area contributed by atoms with Gasteiger partial charge in [0.1, 0.15) is 12.1 Å². The maximum Gasteiger partial charge on any atom is 0.258 e. The predicted molar refractivity (Wildman–Crippen MR) is 154 cm³/mol. The molecule has 1 saturated heterocycles. The molecule has 9 heteroatoms. The number of rotatable bonds is 8. The van der Waals surface area contributed by atoms with Gasteiger partial charge >= 0.3 is 0 Å². The number of carbonyl (C=O) groups excluding carboxylic acids is 3. The van der Waals surface area contributed by atoms with Gasteiger partial charge in [-0.1, -0.05) is 50.0 Å². The lowest BCUT2D eigenvalue weighted by Gasteiger charge is -2.38. The van der Waals surface area contributed by atoms with Crippen LogP contribution >= 0.6 is 0 Å². The first-order chi connectivity index (χ1) is 19.0. The molecule has 0 radical (unpaired) electrons. The quantitative estimate of drug-likeness (QED) is 0.167. The van der Waals surface area contributed by atoms with Crippen LogP contribution < -0.4 is 5.48 Å². The predicted octanol–water partition coefficient (Wildman–Crippen LogP) is 4.09. The SMILES string of the molecule is CC.CC(=O)c1ccc(C#Cc2ccc(CN3CC(OCCF)C3)cc2)cc1.CN(C)C(=O)C(C)(C)C(=O)NO. The number of ketones is 1. The van der Waals surface area contributed by atoms with Gasteiger partial charge in [0, 0.05) is 50.4 Å². The fourth-order valence-electron chi connectivity index (χ4n) is 3.65. The molecule has 3 rings (SSSR count). The van der Waals surface area contributed by atoms with Crippen molar-refractivity contribution in [2.75, 3.05) is 40.5 Å². The van der Waals surface area contributed by atoms with Crippen molar-refractivity contribution >= 4 is 17.6 Å². The van der Waals surface area contributed by atoms with E-state index in [1.54, 1.807) is 33.2 Å². The van der Waals surface area contributed by atoms with Crippen LogP contribution in [0.1, 0.15) is 61.7 Å². The summed E-state index contributed by atoms with van der Waals surface area (Å²) in [7, 11) is 3.10. The van der Waals surface area contributed by atoms with Crippen LogP contribution in [0.4, 0.5) is 4.39 Å². The summed E-state index contributed by atoms with van der Waals surface area (Å²) < 4.78 is 17.4. The van der Waals surface area contributed by atoms with Gasteiger partial charge < -0.3 is 9.64 Å². The van der Waals surface area contributed by atoms with Gasteiger partial charge in [0.2, 0.25) is 5.91 Å². The van der Waals surface area contributed by atoms with Crippen LogP contribution in [-0.4, -0.2) is 79.2 Å². The fourth-order valence-corrected chi connectivity index (χ4v) is 3.65. The number of Topliss-reactive ketones (excluding diaryl/α,β-unsaturated/α-hetero) is 1. The topological polar surface area (TPSA) is 99.2 Å². The fraction of sp³-hybridized carbons (Fsp3) is 0.452. The summed E-state index contributed by atoms with van der Waals surface area (Å²) in [6.45, 7) is 10.8. The number of hydrogen-bond acceptors (Lipinski definition) is 6. The van der Waals surface area contributed by atoms with Gasteiger partial charge in [0.25, 0.3) is 5.91 Å². The first kappa shape index (κ1) is 34.4. The molecule has 2 aromatic carbocycles. The van der Waals surface area contributed by atoms with Crippen LogP contribution in [0.3, 0.4) is 0 Å². The molecule has 1 fully saturated rings. The molecule has 2 aromatic rings. The van der Waals surface area contributed by atoms with Crippen molar-refractivity contribution < 1.29 is 28.7 Å². The molecular formula is C31H42FN3O5. The Morgan fingerprint density at radius 1 is 1.02 bits per heavy atom. The van der Waals surface area contributed by atoms with Crippen molar-refractivity contribution in [1.29, 1.82) is 0 Å². The second kappa shape index (κ2) is 17.2. The molecule has 0 spiro atoms. The highest BCUT2D eigenvalue weighted by atomic mass is 19.1. The van der Waals surface area contributed by atoms with Crippen LogP contribution in [0.2, 0.25) is 0 Å². The number of likely N-dealkylation sites (tertiary alicyclic amines) is 1. The van der Waals surface area contributed by atoms with Gasteiger partial charge in [-0.2, -0.15) is 0 Å². The molecule has 2 amide bonds. The summed E-state index contributed by atoms with van der Waals surface area (Å²) in [5.74, 6) is 5.26. The van der Waals surface area contributed by atoms with E-state index in [0.717, 1.165) is 30.8 Å². The van der Waals surface area contributed by atoms with Gasteiger partial charge in [0.05, 0.1) is 12.7 Å². The first-order valence-electron chi connectivity index (χ1n) is 13.3. The maximum absolute atomic E-state index is 12.1. The summed E-state index contributed by atoms with van der Waals surface area (Å²) in [5, 5.41) is 8.33. The number of nitrogens with zero attached hydrogens (tertiary/aromatic N) is 2. The Kier molecular flexibility index (Phi) is 14.8. The highest BCUT2D eigenvalue weighted by Gasteiger charge is 2.37. The zero-order valence-electron chi connectivity index (χ0n) is 24.6. The Bertz CT molecular complexity index is 1150. The molecule has 218 valence electrons. The van der Waals surface area contributed by atoms with Crippen LogP contribution in [0.25, 0.3) is 0 Å². The highest BCUT2D eigenvalue weighted by molar-refractivity contribution is 6.03. The number of alkyl halides is 1. The highest BCUT2D eigenvalue weighted by Crippen LogP contribution is 2.18. The van der Waals surface area contributed by atoms with E-state index >= 15 is 0 Å². The largest absolute Gasteiger partial charge is 0.373 e. The molecule has 0 atom stereocenters. The maximum atomic E-state index is 12.1. The second-order valence-corrected chi connectivity index (χ2v) is 9.72. The van der Waals surface area contributed by atoms with Gasteiger partial charge in [0.15, 0.2) is 5.78 Å². The minimum Gasteiger partial charge on any atom is -0.373 e. The third kappa shape index (κ3) is 10.9. The Morgan fingerprint density at radius 3 is 1.95 bits per heavy atom. The number of hydroxylamine groups is 1. The van der Waals surface area contributed by atoms with Crippen molar-refractivity contribution in [2.24, 2.45) is 5.41 Å². The Hall–Kier alpha value is -3.58. The molecule has 8 nitrogen and oxygen atoms in total. The van der Waals surface area contributed by atoms with Crippen molar-refractivity contribution in [3.8, 4) is 11.8 Å². The van der Waals surface area contributed by atoms with E-state index in [1.807, 2.05) is 38.1 Å². The smallest absolute Gasteiger partial charge is 0.258 e. The number of amides is 2.